The molecule has 0 aliphatic carbocycles. The van der Waals surface area contributed by atoms with E-state index in [9.17, 15) is 17.2 Å². The lowest BCUT2D eigenvalue weighted by Gasteiger charge is -2.21. The summed E-state index contributed by atoms with van der Waals surface area (Å²) < 4.78 is 55.1. The molecule has 0 unspecified atom stereocenters. The molecule has 120 valence electrons. The topological polar surface area (TPSA) is 40.6 Å². The van der Waals surface area contributed by atoms with Crippen molar-refractivity contribution in [3.8, 4) is 0 Å². The standard InChI is InChI=1S/C16H14F2N2O2S/c1-2-3-10-19-15-6-4-5-7-16(15)20(23(19,21)22)14-9-8-12(17)11-13(14)18/h2,4-9,11H,1,3,10H2. The fourth-order valence-electron chi connectivity index (χ4n) is 2.54. The van der Waals surface area contributed by atoms with Crippen LogP contribution in [0, 0.1) is 11.6 Å². The van der Waals surface area contributed by atoms with Gasteiger partial charge < -0.3 is 0 Å². The Labute approximate surface area is 133 Å². The molecule has 0 amide bonds. The van der Waals surface area contributed by atoms with E-state index in [0.29, 0.717) is 23.9 Å². The highest BCUT2D eigenvalue weighted by Crippen LogP contribution is 2.45. The van der Waals surface area contributed by atoms with E-state index in [-0.39, 0.29) is 12.2 Å². The van der Waals surface area contributed by atoms with Gasteiger partial charge in [0.1, 0.15) is 5.82 Å². The van der Waals surface area contributed by atoms with Crippen LogP contribution in [0.25, 0.3) is 0 Å². The Bertz CT molecular complexity index is 868. The highest BCUT2D eigenvalue weighted by atomic mass is 32.2. The van der Waals surface area contributed by atoms with Crippen LogP contribution in [0.15, 0.2) is 55.1 Å². The average Bonchev–Trinajstić information content (AvgIpc) is 2.72. The number of benzene rings is 2. The molecule has 7 heteroatoms. The quantitative estimate of drug-likeness (QED) is 0.798. The van der Waals surface area contributed by atoms with E-state index in [2.05, 4.69) is 6.58 Å². The summed E-state index contributed by atoms with van der Waals surface area (Å²) in [5.41, 5.74) is 0.583. The third-order valence-electron chi connectivity index (χ3n) is 3.54. The van der Waals surface area contributed by atoms with Gasteiger partial charge in [-0.05, 0) is 30.7 Å². The summed E-state index contributed by atoms with van der Waals surface area (Å²) in [5.74, 6) is -1.70. The van der Waals surface area contributed by atoms with Gasteiger partial charge in [-0.15, -0.1) is 6.58 Å². The first-order chi connectivity index (χ1) is 11.0. The van der Waals surface area contributed by atoms with Gasteiger partial charge in [0, 0.05) is 12.6 Å². The van der Waals surface area contributed by atoms with Crippen molar-refractivity contribution in [2.45, 2.75) is 6.42 Å². The molecular formula is C16H14F2N2O2S. The van der Waals surface area contributed by atoms with Crippen molar-refractivity contribution in [3.05, 3.63) is 66.8 Å². The van der Waals surface area contributed by atoms with Crippen molar-refractivity contribution in [1.29, 1.82) is 0 Å². The summed E-state index contributed by atoms with van der Waals surface area (Å²) >= 11 is 0. The van der Waals surface area contributed by atoms with Crippen LogP contribution in [-0.2, 0) is 10.2 Å². The predicted molar refractivity (Wildman–Crippen MR) is 86.0 cm³/mol. The second-order valence-electron chi connectivity index (χ2n) is 5.01. The molecule has 0 aromatic heterocycles. The molecular weight excluding hydrogens is 322 g/mol. The van der Waals surface area contributed by atoms with E-state index in [1.807, 2.05) is 0 Å². The van der Waals surface area contributed by atoms with Crippen LogP contribution in [0.3, 0.4) is 0 Å². The van der Waals surface area contributed by atoms with Gasteiger partial charge in [-0.2, -0.15) is 8.42 Å². The van der Waals surface area contributed by atoms with E-state index < -0.39 is 21.8 Å². The number of anilines is 3. The van der Waals surface area contributed by atoms with Crippen molar-refractivity contribution < 1.29 is 17.2 Å². The molecule has 0 saturated heterocycles. The summed E-state index contributed by atoms with van der Waals surface area (Å²) in [6.45, 7) is 3.79. The molecule has 3 rings (SSSR count). The van der Waals surface area contributed by atoms with Crippen LogP contribution >= 0.6 is 0 Å². The van der Waals surface area contributed by atoms with Crippen molar-refractivity contribution in [3.63, 3.8) is 0 Å². The minimum absolute atomic E-state index is 0.197. The number of rotatable bonds is 4. The Morgan fingerprint density at radius 3 is 2.39 bits per heavy atom. The molecule has 0 atom stereocenters. The van der Waals surface area contributed by atoms with E-state index in [4.69, 9.17) is 0 Å². The van der Waals surface area contributed by atoms with Gasteiger partial charge in [0.2, 0.25) is 0 Å². The van der Waals surface area contributed by atoms with Crippen molar-refractivity contribution in [2.24, 2.45) is 0 Å². The monoisotopic (exact) mass is 336 g/mol. The van der Waals surface area contributed by atoms with Crippen molar-refractivity contribution in [2.75, 3.05) is 15.2 Å². The molecule has 0 saturated carbocycles. The molecule has 2 aromatic carbocycles. The molecule has 23 heavy (non-hydrogen) atoms. The van der Waals surface area contributed by atoms with E-state index in [1.165, 1.54) is 4.31 Å². The minimum Gasteiger partial charge on any atom is -0.251 e. The van der Waals surface area contributed by atoms with Crippen LogP contribution in [0.4, 0.5) is 25.8 Å². The van der Waals surface area contributed by atoms with Gasteiger partial charge in [0.05, 0.1) is 17.1 Å². The van der Waals surface area contributed by atoms with Crippen molar-refractivity contribution in [1.82, 2.24) is 0 Å². The normalized spacial score (nSPS) is 15.6. The number of hydrogen-bond donors (Lipinski definition) is 0. The Kier molecular flexibility index (Phi) is 3.81. The summed E-state index contributed by atoms with van der Waals surface area (Å²) in [4.78, 5) is 0. The summed E-state index contributed by atoms with van der Waals surface area (Å²) in [6.07, 6.45) is 2.06. The molecule has 0 N–H and O–H groups in total. The maximum atomic E-state index is 14.1. The summed E-state index contributed by atoms with van der Waals surface area (Å²) in [5, 5.41) is 0. The van der Waals surface area contributed by atoms with Gasteiger partial charge in [-0.1, -0.05) is 18.2 Å². The van der Waals surface area contributed by atoms with Crippen LogP contribution < -0.4 is 8.61 Å². The van der Waals surface area contributed by atoms with Gasteiger partial charge in [-0.3, -0.25) is 4.31 Å². The third kappa shape index (κ3) is 2.46. The summed E-state index contributed by atoms with van der Waals surface area (Å²) in [6, 6.07) is 9.43. The highest BCUT2D eigenvalue weighted by Gasteiger charge is 2.41. The van der Waals surface area contributed by atoms with Gasteiger partial charge in [0.25, 0.3) is 0 Å². The fraction of sp³-hybridized carbons (Fsp3) is 0.125. The first-order valence-electron chi connectivity index (χ1n) is 6.95. The number of para-hydroxylation sites is 2. The van der Waals surface area contributed by atoms with E-state index in [0.717, 1.165) is 16.4 Å². The molecule has 0 spiro atoms. The second-order valence-corrected chi connectivity index (χ2v) is 6.71. The highest BCUT2D eigenvalue weighted by molar-refractivity contribution is 7.95. The van der Waals surface area contributed by atoms with Crippen molar-refractivity contribution >= 4 is 27.3 Å². The lowest BCUT2D eigenvalue weighted by molar-refractivity contribution is 0.578. The van der Waals surface area contributed by atoms with Crippen LogP contribution in [-0.4, -0.2) is 15.0 Å². The Morgan fingerprint density at radius 2 is 1.74 bits per heavy atom. The first-order valence-corrected chi connectivity index (χ1v) is 8.34. The average molecular weight is 336 g/mol. The number of halogens is 2. The van der Waals surface area contributed by atoms with Gasteiger partial charge >= 0.3 is 10.2 Å². The minimum atomic E-state index is -3.99. The summed E-state index contributed by atoms with van der Waals surface area (Å²) in [7, 11) is -3.99. The molecule has 1 aliphatic rings. The molecule has 2 aromatic rings. The molecule has 4 nitrogen and oxygen atoms in total. The number of fused-ring (bicyclic) bond motifs is 1. The first kappa shape index (κ1) is 15.5. The second kappa shape index (κ2) is 5.66. The fourth-order valence-corrected chi connectivity index (χ4v) is 4.27. The van der Waals surface area contributed by atoms with Crippen LogP contribution in [0.5, 0.6) is 0 Å². The largest absolute Gasteiger partial charge is 0.331 e. The predicted octanol–water partition coefficient (Wildman–Crippen LogP) is 3.74. The molecule has 1 aliphatic heterocycles. The SMILES string of the molecule is C=CCCN1c2ccccc2N(c2ccc(F)cc2F)S1(=O)=O. The zero-order valence-corrected chi connectivity index (χ0v) is 12.9. The van der Waals surface area contributed by atoms with E-state index >= 15 is 0 Å². The van der Waals surface area contributed by atoms with Crippen LogP contribution in [0.1, 0.15) is 6.42 Å². The molecule has 0 fully saturated rings. The Balaban J connectivity index is 2.19. The molecule has 1 heterocycles. The van der Waals surface area contributed by atoms with E-state index in [1.54, 1.807) is 30.3 Å². The molecule has 0 bridgehead atoms. The zero-order valence-electron chi connectivity index (χ0n) is 12.1. The Morgan fingerprint density at radius 1 is 1.04 bits per heavy atom. The number of nitrogens with zero attached hydrogens (tertiary/aromatic N) is 2. The Hall–Kier alpha value is -2.41. The lowest BCUT2D eigenvalue weighted by atomic mass is 10.2. The smallest absolute Gasteiger partial charge is 0.251 e. The zero-order chi connectivity index (χ0) is 16.6. The lowest BCUT2D eigenvalue weighted by Crippen LogP contribution is -2.36. The van der Waals surface area contributed by atoms with Gasteiger partial charge in [-0.25, -0.2) is 13.1 Å². The number of hydrogen-bond acceptors (Lipinski definition) is 2. The van der Waals surface area contributed by atoms with Gasteiger partial charge in [0.15, 0.2) is 5.82 Å². The third-order valence-corrected chi connectivity index (χ3v) is 5.33. The maximum absolute atomic E-state index is 14.1. The molecule has 0 radical (unpaired) electrons. The van der Waals surface area contributed by atoms with Crippen LogP contribution in [0.2, 0.25) is 0 Å². The maximum Gasteiger partial charge on any atom is 0.331 e.